The van der Waals surface area contributed by atoms with Crippen LogP contribution in [0.1, 0.15) is 40.7 Å². The molecule has 4 aromatic heterocycles. The Bertz CT molecular complexity index is 1400. The van der Waals surface area contributed by atoms with Crippen molar-refractivity contribution in [3.05, 3.63) is 70.0 Å². The van der Waals surface area contributed by atoms with Crippen LogP contribution in [0.4, 0.5) is 18.9 Å². The zero-order valence-corrected chi connectivity index (χ0v) is 18.7. The van der Waals surface area contributed by atoms with Crippen molar-refractivity contribution < 1.29 is 22.7 Å². The minimum atomic E-state index is -4.89. The molecule has 1 aliphatic rings. The number of aromatic nitrogens is 5. The average molecular weight is 511 g/mol. The Morgan fingerprint density at radius 2 is 2.00 bits per heavy atom. The summed E-state index contributed by atoms with van der Waals surface area (Å²) < 4.78 is 49.7. The number of amides is 1. The van der Waals surface area contributed by atoms with Crippen molar-refractivity contribution in [2.45, 2.75) is 25.1 Å². The summed E-state index contributed by atoms with van der Waals surface area (Å²) in [6.07, 6.45) is 0.0906. The first-order valence-corrected chi connectivity index (χ1v) is 10.9. The Hall–Kier alpha value is -3.15. The van der Waals surface area contributed by atoms with E-state index in [1.54, 1.807) is 0 Å². The number of nitrogens with one attached hydrogen (secondary N) is 1. The topological polar surface area (TPSA) is 86.3 Å². The maximum absolute atomic E-state index is 14.1. The Labute approximate surface area is 200 Å². The van der Waals surface area contributed by atoms with Gasteiger partial charge in [0.1, 0.15) is 11.3 Å². The Morgan fingerprint density at radius 3 is 2.71 bits per heavy atom. The number of alkyl halides is 3. The van der Waals surface area contributed by atoms with E-state index in [-0.39, 0.29) is 33.2 Å². The predicted molar refractivity (Wildman–Crippen MR) is 117 cm³/mol. The first kappa shape index (κ1) is 22.6. The average Bonchev–Trinajstić information content (AvgIpc) is 3.54. The number of pyridine rings is 2. The Kier molecular flexibility index (Phi) is 5.70. The number of carbonyl (C=O) groups excluding carboxylic acids is 1. The van der Waals surface area contributed by atoms with E-state index >= 15 is 0 Å². The lowest BCUT2D eigenvalue weighted by Crippen LogP contribution is -2.21. The van der Waals surface area contributed by atoms with Crippen molar-refractivity contribution in [1.29, 1.82) is 0 Å². The quantitative estimate of drug-likeness (QED) is 0.374. The van der Waals surface area contributed by atoms with Crippen molar-refractivity contribution in [3.63, 3.8) is 0 Å². The minimum absolute atomic E-state index is 0.0545. The van der Waals surface area contributed by atoms with E-state index < -0.39 is 23.3 Å². The molecule has 4 aromatic rings. The van der Waals surface area contributed by atoms with Crippen LogP contribution in [0.5, 0.6) is 0 Å². The van der Waals surface area contributed by atoms with Crippen molar-refractivity contribution in [2.24, 2.45) is 0 Å². The molecule has 176 valence electrons. The number of halogens is 5. The summed E-state index contributed by atoms with van der Waals surface area (Å²) in [5.74, 6) is -1.01. The van der Waals surface area contributed by atoms with Crippen LogP contribution in [0.3, 0.4) is 0 Å². The number of ether oxygens (including phenoxy) is 1. The number of fused-ring (bicyclic) bond motifs is 1. The van der Waals surface area contributed by atoms with Crippen molar-refractivity contribution in [2.75, 3.05) is 11.9 Å². The molecule has 5 heterocycles. The van der Waals surface area contributed by atoms with Gasteiger partial charge in [0.05, 0.1) is 51.8 Å². The molecular weight excluding hydrogens is 496 g/mol. The fraction of sp³-hybridized carbons (Fsp3) is 0.238. The van der Waals surface area contributed by atoms with Crippen LogP contribution in [0.25, 0.3) is 11.2 Å². The third-order valence-electron chi connectivity index (χ3n) is 5.36. The lowest BCUT2D eigenvalue weighted by Gasteiger charge is -2.14. The van der Waals surface area contributed by atoms with Gasteiger partial charge in [-0.05, 0) is 37.1 Å². The third-order valence-corrected chi connectivity index (χ3v) is 5.95. The summed E-state index contributed by atoms with van der Waals surface area (Å²) in [6.45, 7) is 0.602. The molecule has 13 heteroatoms. The van der Waals surface area contributed by atoms with Gasteiger partial charge in [-0.15, -0.1) is 0 Å². The molecule has 1 atom stereocenters. The van der Waals surface area contributed by atoms with Gasteiger partial charge in [-0.25, -0.2) is 9.20 Å². The molecule has 1 saturated heterocycles. The molecule has 0 saturated carbocycles. The van der Waals surface area contributed by atoms with Gasteiger partial charge in [0, 0.05) is 6.61 Å². The van der Waals surface area contributed by atoms with Gasteiger partial charge in [0.2, 0.25) is 0 Å². The standard InChI is InChI=1S/C21H15Cl2F3N6O2/c22-13-8-11(9-27-18(13)16-2-1-7-34-16)30-20(33)12-10-29-32(19(12)21(24,25)26)14-3-4-17(23)31-15(14)5-6-28-31/h3-6,8-10,16H,1-2,7H2,(H,30,33)/t16-/m1/s1. The molecule has 34 heavy (non-hydrogen) atoms. The van der Waals surface area contributed by atoms with E-state index in [1.807, 2.05) is 0 Å². The number of hydrogen-bond donors (Lipinski definition) is 1. The fourth-order valence-electron chi connectivity index (χ4n) is 3.87. The maximum Gasteiger partial charge on any atom is 0.434 e. The molecule has 0 aromatic carbocycles. The van der Waals surface area contributed by atoms with Crippen LogP contribution in [0.15, 0.2) is 42.9 Å². The van der Waals surface area contributed by atoms with Gasteiger partial charge in [0.25, 0.3) is 5.91 Å². The number of hydrogen-bond acceptors (Lipinski definition) is 5. The van der Waals surface area contributed by atoms with Crippen molar-refractivity contribution in [1.82, 2.24) is 24.4 Å². The molecule has 0 spiro atoms. The second kappa shape index (κ2) is 8.57. The number of anilines is 1. The fourth-order valence-corrected chi connectivity index (χ4v) is 4.35. The molecule has 8 nitrogen and oxygen atoms in total. The highest BCUT2D eigenvalue weighted by atomic mass is 35.5. The SMILES string of the molecule is O=C(Nc1cnc([C@H]2CCCO2)c(Cl)c1)c1cnn(-c2ccc(Cl)n3nccc23)c1C(F)(F)F. The van der Waals surface area contributed by atoms with Gasteiger partial charge in [-0.3, -0.25) is 9.78 Å². The highest BCUT2D eigenvalue weighted by Gasteiger charge is 2.41. The third kappa shape index (κ3) is 3.99. The van der Waals surface area contributed by atoms with E-state index in [0.717, 1.165) is 19.0 Å². The second-order valence-corrected chi connectivity index (χ2v) is 8.33. The van der Waals surface area contributed by atoms with E-state index in [2.05, 4.69) is 20.5 Å². The molecule has 1 fully saturated rings. The molecule has 5 rings (SSSR count). The van der Waals surface area contributed by atoms with Gasteiger partial charge in [-0.2, -0.15) is 23.4 Å². The van der Waals surface area contributed by atoms with E-state index in [4.69, 9.17) is 27.9 Å². The van der Waals surface area contributed by atoms with Crippen molar-refractivity contribution in [3.8, 4) is 5.69 Å². The summed E-state index contributed by atoms with van der Waals surface area (Å²) in [5, 5.41) is 10.7. The molecule has 0 bridgehead atoms. The van der Waals surface area contributed by atoms with Gasteiger partial charge in [-0.1, -0.05) is 23.2 Å². The van der Waals surface area contributed by atoms with Crippen LogP contribution in [-0.4, -0.2) is 36.9 Å². The highest BCUT2D eigenvalue weighted by molar-refractivity contribution is 6.31. The van der Waals surface area contributed by atoms with Crippen LogP contribution < -0.4 is 5.32 Å². The molecule has 1 N–H and O–H groups in total. The Morgan fingerprint density at radius 1 is 1.18 bits per heavy atom. The Balaban J connectivity index is 1.50. The first-order valence-electron chi connectivity index (χ1n) is 10.1. The molecular formula is C21H15Cl2F3N6O2. The van der Waals surface area contributed by atoms with Gasteiger partial charge >= 0.3 is 6.18 Å². The summed E-state index contributed by atoms with van der Waals surface area (Å²) >= 11 is 12.3. The lowest BCUT2D eigenvalue weighted by molar-refractivity contribution is -0.143. The number of rotatable bonds is 4. The predicted octanol–water partition coefficient (Wildman–Crippen LogP) is 5.34. The lowest BCUT2D eigenvalue weighted by atomic mass is 10.1. The molecule has 0 radical (unpaired) electrons. The van der Waals surface area contributed by atoms with Crippen LogP contribution >= 0.6 is 23.2 Å². The van der Waals surface area contributed by atoms with E-state index in [1.165, 1.54) is 41.2 Å². The molecule has 0 aliphatic carbocycles. The van der Waals surface area contributed by atoms with Crippen LogP contribution in [0.2, 0.25) is 10.2 Å². The second-order valence-electron chi connectivity index (χ2n) is 7.53. The zero-order valence-electron chi connectivity index (χ0n) is 17.2. The number of carbonyl (C=O) groups is 1. The van der Waals surface area contributed by atoms with Crippen LogP contribution in [0, 0.1) is 0 Å². The molecule has 0 unspecified atom stereocenters. The first-order chi connectivity index (χ1) is 16.2. The van der Waals surface area contributed by atoms with E-state index in [0.29, 0.717) is 17.0 Å². The molecule has 1 aliphatic heterocycles. The molecule has 1 amide bonds. The highest BCUT2D eigenvalue weighted by Crippen LogP contribution is 2.36. The van der Waals surface area contributed by atoms with Gasteiger partial charge in [0.15, 0.2) is 5.69 Å². The largest absolute Gasteiger partial charge is 0.434 e. The summed E-state index contributed by atoms with van der Waals surface area (Å²) in [5.41, 5.74) is -0.909. The summed E-state index contributed by atoms with van der Waals surface area (Å²) in [4.78, 5) is 17.1. The minimum Gasteiger partial charge on any atom is -0.372 e. The normalized spacial score (nSPS) is 16.3. The zero-order chi connectivity index (χ0) is 24.0. The summed E-state index contributed by atoms with van der Waals surface area (Å²) in [7, 11) is 0. The smallest absolute Gasteiger partial charge is 0.372 e. The summed E-state index contributed by atoms with van der Waals surface area (Å²) in [6, 6.07) is 5.68. The maximum atomic E-state index is 14.1. The van der Waals surface area contributed by atoms with Crippen molar-refractivity contribution >= 4 is 40.3 Å². The van der Waals surface area contributed by atoms with Crippen LogP contribution in [-0.2, 0) is 10.9 Å². The van der Waals surface area contributed by atoms with Gasteiger partial charge < -0.3 is 10.1 Å². The number of nitrogens with zero attached hydrogens (tertiary/aromatic N) is 5. The monoisotopic (exact) mass is 510 g/mol. The van der Waals surface area contributed by atoms with E-state index in [9.17, 15) is 18.0 Å².